The summed E-state index contributed by atoms with van der Waals surface area (Å²) in [5.74, 6) is 2.23. The molecule has 2 nitrogen and oxygen atoms in total. The van der Waals surface area contributed by atoms with Crippen LogP contribution in [0.5, 0.6) is 5.75 Å². The molecule has 3 aromatic carbocycles. The molecule has 0 aliphatic carbocycles. The minimum Gasteiger partial charge on any atom is -0.491 e. The van der Waals surface area contributed by atoms with Crippen LogP contribution in [0.2, 0.25) is 5.02 Å². The molecule has 144 valence electrons. The Morgan fingerprint density at radius 1 is 1.04 bits per heavy atom. The van der Waals surface area contributed by atoms with Crippen LogP contribution in [0.1, 0.15) is 31.2 Å². The molecular weight excluding hydrogens is 366 g/mol. The molecule has 2 bridgehead atoms. The molecule has 3 aromatic rings. The molecule has 0 aromatic heterocycles. The van der Waals surface area contributed by atoms with Crippen molar-refractivity contribution in [2.24, 2.45) is 5.92 Å². The average molecular weight is 392 g/mol. The highest BCUT2D eigenvalue weighted by Crippen LogP contribution is 2.45. The van der Waals surface area contributed by atoms with Gasteiger partial charge in [-0.1, -0.05) is 60.1 Å². The monoisotopic (exact) mass is 391 g/mol. The quantitative estimate of drug-likeness (QED) is 0.529. The third-order valence-electron chi connectivity index (χ3n) is 6.85. The molecule has 3 heteroatoms. The number of hydrogen-bond acceptors (Lipinski definition) is 2. The fraction of sp³-hybridized carbons (Fsp3) is 0.360. The molecule has 0 radical (unpaired) electrons. The molecule has 0 N–H and O–H groups in total. The van der Waals surface area contributed by atoms with Gasteiger partial charge in [0.05, 0.1) is 6.04 Å². The maximum atomic E-state index is 6.47. The van der Waals surface area contributed by atoms with E-state index in [9.17, 15) is 0 Å². The average Bonchev–Trinajstić information content (AvgIpc) is 2.96. The standard InChI is InChI=1S/C25H26ClNO/c1-17-19-12-13-27(17)24(23(15-19)20-8-4-9-21(26)14-20)16-28-25-11-5-7-18-6-2-3-10-22(18)25/h2-11,14,17,19,23-24H,12-13,15-16H2,1H3. The highest BCUT2D eigenvalue weighted by Gasteiger charge is 2.45. The SMILES string of the molecule is CC1C2CCN1C(COc1cccc3ccccc13)C(c1cccc(Cl)c1)C2. The van der Waals surface area contributed by atoms with E-state index >= 15 is 0 Å². The smallest absolute Gasteiger partial charge is 0.127 e. The predicted molar refractivity (Wildman–Crippen MR) is 116 cm³/mol. The van der Waals surface area contributed by atoms with Gasteiger partial charge in [-0.3, -0.25) is 4.90 Å². The van der Waals surface area contributed by atoms with E-state index < -0.39 is 0 Å². The second kappa shape index (κ2) is 7.42. The van der Waals surface area contributed by atoms with Crippen LogP contribution in [0.3, 0.4) is 0 Å². The summed E-state index contributed by atoms with van der Waals surface area (Å²) in [5, 5.41) is 3.24. The summed E-state index contributed by atoms with van der Waals surface area (Å²) in [6.07, 6.45) is 2.52. The first kappa shape index (κ1) is 18.0. The fourth-order valence-electron chi connectivity index (χ4n) is 5.33. The van der Waals surface area contributed by atoms with Crippen molar-refractivity contribution >= 4 is 22.4 Å². The lowest BCUT2D eigenvalue weighted by Gasteiger charge is -2.43. The van der Waals surface area contributed by atoms with Gasteiger partial charge in [-0.25, -0.2) is 0 Å². The zero-order valence-electron chi connectivity index (χ0n) is 16.2. The fourth-order valence-corrected chi connectivity index (χ4v) is 5.53. The number of piperidine rings is 1. The summed E-state index contributed by atoms with van der Waals surface area (Å²) in [7, 11) is 0. The van der Waals surface area contributed by atoms with Crippen LogP contribution < -0.4 is 4.74 Å². The molecule has 5 unspecified atom stereocenters. The van der Waals surface area contributed by atoms with Gasteiger partial charge in [0.1, 0.15) is 12.4 Å². The number of ether oxygens (including phenoxy) is 1. The summed E-state index contributed by atoms with van der Waals surface area (Å²) in [4.78, 5) is 2.67. The molecule has 0 spiro atoms. The summed E-state index contributed by atoms with van der Waals surface area (Å²) >= 11 is 6.32. The minimum atomic E-state index is 0.381. The van der Waals surface area contributed by atoms with E-state index in [1.807, 2.05) is 6.07 Å². The van der Waals surface area contributed by atoms with Gasteiger partial charge in [0.25, 0.3) is 0 Å². The van der Waals surface area contributed by atoms with Crippen molar-refractivity contribution in [3.8, 4) is 5.75 Å². The third-order valence-corrected chi connectivity index (χ3v) is 7.08. The molecule has 2 aliphatic rings. The van der Waals surface area contributed by atoms with Crippen molar-refractivity contribution < 1.29 is 4.74 Å². The molecular formula is C25H26ClNO. The molecule has 2 heterocycles. The van der Waals surface area contributed by atoms with Crippen molar-refractivity contribution in [3.63, 3.8) is 0 Å². The highest BCUT2D eigenvalue weighted by molar-refractivity contribution is 6.30. The largest absolute Gasteiger partial charge is 0.491 e. The number of benzene rings is 3. The molecule has 2 fully saturated rings. The van der Waals surface area contributed by atoms with Gasteiger partial charge < -0.3 is 4.74 Å². The van der Waals surface area contributed by atoms with Crippen LogP contribution in [0, 0.1) is 5.92 Å². The van der Waals surface area contributed by atoms with Crippen LogP contribution >= 0.6 is 11.6 Å². The van der Waals surface area contributed by atoms with Crippen molar-refractivity contribution in [1.82, 2.24) is 4.90 Å². The number of nitrogens with zero attached hydrogens (tertiary/aromatic N) is 1. The van der Waals surface area contributed by atoms with Crippen LogP contribution in [0.4, 0.5) is 0 Å². The Balaban J connectivity index is 1.45. The molecule has 0 amide bonds. The summed E-state index contributed by atoms with van der Waals surface area (Å²) < 4.78 is 6.47. The first-order valence-corrected chi connectivity index (χ1v) is 10.7. The minimum absolute atomic E-state index is 0.381. The van der Waals surface area contributed by atoms with Gasteiger partial charge in [0, 0.05) is 22.4 Å². The highest BCUT2D eigenvalue weighted by atomic mass is 35.5. The molecule has 2 saturated heterocycles. The Hall–Kier alpha value is -2.03. The van der Waals surface area contributed by atoms with E-state index in [1.165, 1.54) is 35.7 Å². The molecule has 0 saturated carbocycles. The van der Waals surface area contributed by atoms with E-state index in [4.69, 9.17) is 16.3 Å². The zero-order chi connectivity index (χ0) is 19.1. The third kappa shape index (κ3) is 3.19. The molecule has 2 aliphatic heterocycles. The van der Waals surface area contributed by atoms with Crippen LogP contribution in [0.15, 0.2) is 66.7 Å². The number of rotatable bonds is 4. The van der Waals surface area contributed by atoms with E-state index in [1.54, 1.807) is 0 Å². The Morgan fingerprint density at radius 2 is 1.86 bits per heavy atom. The van der Waals surface area contributed by atoms with Gasteiger partial charge in [-0.05, 0) is 61.4 Å². The zero-order valence-corrected chi connectivity index (χ0v) is 17.0. The molecule has 28 heavy (non-hydrogen) atoms. The maximum absolute atomic E-state index is 6.47. The van der Waals surface area contributed by atoms with Gasteiger partial charge in [-0.2, -0.15) is 0 Å². The van der Waals surface area contributed by atoms with E-state index in [2.05, 4.69) is 72.5 Å². The van der Waals surface area contributed by atoms with Crippen molar-refractivity contribution in [2.75, 3.05) is 13.2 Å². The summed E-state index contributed by atoms with van der Waals surface area (Å²) in [5.41, 5.74) is 1.35. The van der Waals surface area contributed by atoms with Crippen LogP contribution in [-0.2, 0) is 0 Å². The summed E-state index contributed by atoms with van der Waals surface area (Å²) in [6.45, 7) is 4.27. The Labute approximate surface area is 172 Å². The maximum Gasteiger partial charge on any atom is 0.127 e. The second-order valence-electron chi connectivity index (χ2n) is 8.28. The van der Waals surface area contributed by atoms with Crippen molar-refractivity contribution in [3.05, 3.63) is 77.3 Å². The van der Waals surface area contributed by atoms with Crippen LogP contribution in [0.25, 0.3) is 10.8 Å². The van der Waals surface area contributed by atoms with Crippen molar-refractivity contribution in [2.45, 2.75) is 37.8 Å². The van der Waals surface area contributed by atoms with E-state index in [0.29, 0.717) is 24.6 Å². The summed E-state index contributed by atoms with van der Waals surface area (Å²) in [6, 6.07) is 24.2. The van der Waals surface area contributed by atoms with Crippen LogP contribution in [-0.4, -0.2) is 30.1 Å². The lowest BCUT2D eigenvalue weighted by molar-refractivity contribution is 0.0628. The van der Waals surface area contributed by atoms with E-state index in [0.717, 1.165) is 16.7 Å². The Kier molecular flexibility index (Phi) is 4.78. The Bertz CT molecular complexity index is 982. The number of fused-ring (bicyclic) bond motifs is 3. The number of hydrogen-bond donors (Lipinski definition) is 0. The Morgan fingerprint density at radius 3 is 2.75 bits per heavy atom. The first-order valence-electron chi connectivity index (χ1n) is 10.3. The second-order valence-corrected chi connectivity index (χ2v) is 8.72. The first-order chi connectivity index (χ1) is 13.7. The van der Waals surface area contributed by atoms with Gasteiger partial charge in [0.15, 0.2) is 0 Å². The van der Waals surface area contributed by atoms with Gasteiger partial charge in [-0.15, -0.1) is 0 Å². The topological polar surface area (TPSA) is 12.5 Å². The lowest BCUT2D eigenvalue weighted by atomic mass is 9.78. The molecule has 5 rings (SSSR count). The van der Waals surface area contributed by atoms with E-state index in [-0.39, 0.29) is 0 Å². The normalized spacial score (nSPS) is 29.1. The molecule has 5 atom stereocenters. The van der Waals surface area contributed by atoms with Gasteiger partial charge >= 0.3 is 0 Å². The van der Waals surface area contributed by atoms with Gasteiger partial charge in [0.2, 0.25) is 0 Å². The lowest BCUT2D eigenvalue weighted by Crippen LogP contribution is -2.50. The van der Waals surface area contributed by atoms with Crippen molar-refractivity contribution in [1.29, 1.82) is 0 Å². The number of halogens is 1. The predicted octanol–water partition coefficient (Wildman–Crippen LogP) is 6.14.